The molecule has 0 aliphatic heterocycles. The Morgan fingerprint density at radius 3 is 2.34 bits per heavy atom. The zero-order valence-corrected chi connectivity index (χ0v) is 18.5. The molecule has 2 heterocycles. The maximum atomic E-state index is 12.4. The second-order valence-electron chi connectivity index (χ2n) is 6.69. The van der Waals surface area contributed by atoms with Crippen LogP contribution in [-0.2, 0) is 14.8 Å². The highest BCUT2D eigenvalue weighted by molar-refractivity contribution is 7.92. The summed E-state index contributed by atoms with van der Waals surface area (Å²) in [7, 11) is -3.47. The lowest BCUT2D eigenvalue weighted by Gasteiger charge is -2.00. The van der Waals surface area contributed by atoms with Gasteiger partial charge >= 0.3 is 0 Å². The summed E-state index contributed by atoms with van der Waals surface area (Å²) in [5.41, 5.74) is 3.30. The van der Waals surface area contributed by atoms with Gasteiger partial charge in [0.1, 0.15) is 0 Å². The molecular weight excluding hydrogens is 448 g/mol. The molecule has 11 heteroatoms. The average molecular weight is 467 g/mol. The molecular formula is C21H18N6O3S2. The number of hydrogen-bond donors (Lipinski definition) is 2. The van der Waals surface area contributed by atoms with Gasteiger partial charge in [-0.2, -0.15) is 5.10 Å². The maximum absolute atomic E-state index is 12.4. The first-order chi connectivity index (χ1) is 15.4. The quantitative estimate of drug-likeness (QED) is 0.403. The number of nitrogens with one attached hydrogen (secondary N) is 2. The van der Waals surface area contributed by atoms with Gasteiger partial charge in [0.05, 0.1) is 17.6 Å². The predicted molar refractivity (Wildman–Crippen MR) is 125 cm³/mol. The predicted octanol–water partition coefficient (Wildman–Crippen LogP) is 3.41. The van der Waals surface area contributed by atoms with Gasteiger partial charge in [-0.25, -0.2) is 13.1 Å². The summed E-state index contributed by atoms with van der Waals surface area (Å²) in [5, 5.41) is 15.0. The summed E-state index contributed by atoms with van der Waals surface area (Å²) in [5.74, 6) is -0.432. The summed E-state index contributed by atoms with van der Waals surface area (Å²) >= 11 is 0.916. The maximum Gasteiger partial charge on any atom is 0.250 e. The molecule has 0 unspecified atom stereocenters. The van der Waals surface area contributed by atoms with Crippen molar-refractivity contribution in [2.24, 2.45) is 0 Å². The van der Waals surface area contributed by atoms with E-state index in [0.717, 1.165) is 40.1 Å². The molecule has 2 aromatic carbocycles. The van der Waals surface area contributed by atoms with E-state index in [2.05, 4.69) is 20.2 Å². The number of benzene rings is 2. The minimum Gasteiger partial charge on any atom is -0.297 e. The Labute approximate surface area is 188 Å². The molecule has 0 atom stereocenters. The van der Waals surface area contributed by atoms with Gasteiger partial charge in [0.25, 0.3) is 0 Å². The van der Waals surface area contributed by atoms with Crippen LogP contribution in [0.5, 0.6) is 0 Å². The Kier molecular flexibility index (Phi) is 6.10. The van der Waals surface area contributed by atoms with Gasteiger partial charge in [0, 0.05) is 23.4 Å². The first kappa shape index (κ1) is 21.4. The van der Waals surface area contributed by atoms with E-state index in [1.165, 1.54) is 6.08 Å². The number of nitrogens with zero attached hydrogens (tertiary/aromatic N) is 4. The molecule has 0 saturated carbocycles. The number of aromatic nitrogens is 4. The van der Waals surface area contributed by atoms with Crippen molar-refractivity contribution in [3.05, 3.63) is 78.5 Å². The van der Waals surface area contributed by atoms with Crippen LogP contribution in [0, 0.1) is 0 Å². The second kappa shape index (κ2) is 9.12. The zero-order valence-electron chi connectivity index (χ0n) is 16.8. The standard InChI is InChI=1S/C21H18N6O3S2/c1-32(29,30)26-21-24-23-20(31-21)22-18(28)13-12-16-14-27(17-10-6-3-7-11-17)25-19(16)15-8-4-2-5-9-15/h2-14H,1H3,(H,24,26)(H,22,23,28). The number of amides is 1. The summed E-state index contributed by atoms with van der Waals surface area (Å²) in [6, 6.07) is 19.4. The Bertz CT molecular complexity index is 1360. The third kappa shape index (κ3) is 5.45. The smallest absolute Gasteiger partial charge is 0.250 e. The molecule has 0 saturated heterocycles. The van der Waals surface area contributed by atoms with Crippen molar-refractivity contribution in [2.45, 2.75) is 0 Å². The van der Waals surface area contributed by atoms with E-state index in [9.17, 15) is 13.2 Å². The molecule has 32 heavy (non-hydrogen) atoms. The summed E-state index contributed by atoms with van der Waals surface area (Å²) in [4.78, 5) is 12.4. The van der Waals surface area contributed by atoms with Gasteiger partial charge in [-0.1, -0.05) is 59.9 Å². The number of anilines is 2. The van der Waals surface area contributed by atoms with Gasteiger partial charge in [-0.15, -0.1) is 10.2 Å². The van der Waals surface area contributed by atoms with Crippen molar-refractivity contribution in [2.75, 3.05) is 16.3 Å². The van der Waals surface area contributed by atoms with Crippen LogP contribution >= 0.6 is 11.3 Å². The normalized spacial score (nSPS) is 11.5. The first-order valence-corrected chi connectivity index (χ1v) is 12.1. The van der Waals surface area contributed by atoms with Crippen LogP contribution in [0.3, 0.4) is 0 Å². The molecule has 2 aromatic heterocycles. The van der Waals surface area contributed by atoms with Crippen LogP contribution in [0.1, 0.15) is 5.56 Å². The summed E-state index contributed by atoms with van der Waals surface area (Å²) < 4.78 is 26.5. The van der Waals surface area contributed by atoms with Gasteiger partial charge in [-0.05, 0) is 18.2 Å². The van der Waals surface area contributed by atoms with Crippen LogP contribution in [0.4, 0.5) is 10.3 Å². The molecule has 0 bridgehead atoms. The fourth-order valence-corrected chi connectivity index (χ4v) is 4.31. The molecule has 9 nitrogen and oxygen atoms in total. The third-order valence-electron chi connectivity index (χ3n) is 4.15. The number of carbonyl (C=O) groups is 1. The Balaban J connectivity index is 1.56. The molecule has 0 spiro atoms. The van der Waals surface area contributed by atoms with Gasteiger partial charge in [0.15, 0.2) is 0 Å². The number of carbonyl (C=O) groups excluding carboxylic acids is 1. The fourth-order valence-electron chi connectivity index (χ4n) is 2.83. The monoisotopic (exact) mass is 466 g/mol. The minimum absolute atomic E-state index is 0.0716. The summed E-state index contributed by atoms with van der Waals surface area (Å²) in [6.45, 7) is 0. The van der Waals surface area contributed by atoms with Crippen molar-refractivity contribution >= 4 is 43.6 Å². The topological polar surface area (TPSA) is 119 Å². The van der Waals surface area contributed by atoms with E-state index >= 15 is 0 Å². The van der Waals surface area contributed by atoms with Crippen LogP contribution in [-0.4, -0.2) is 40.6 Å². The molecule has 1 amide bonds. The highest BCUT2D eigenvalue weighted by Gasteiger charge is 2.12. The van der Waals surface area contributed by atoms with Crippen LogP contribution in [0.15, 0.2) is 72.9 Å². The van der Waals surface area contributed by atoms with Crippen LogP contribution < -0.4 is 10.0 Å². The average Bonchev–Trinajstić information content (AvgIpc) is 3.39. The van der Waals surface area contributed by atoms with Crippen molar-refractivity contribution in [1.82, 2.24) is 20.0 Å². The summed E-state index contributed by atoms with van der Waals surface area (Å²) in [6.07, 6.45) is 5.89. The van der Waals surface area contributed by atoms with Gasteiger partial charge in [0.2, 0.25) is 26.2 Å². The van der Waals surface area contributed by atoms with Gasteiger partial charge < -0.3 is 0 Å². The van der Waals surface area contributed by atoms with E-state index < -0.39 is 15.9 Å². The third-order valence-corrected chi connectivity index (χ3v) is 5.60. The lowest BCUT2D eigenvalue weighted by Crippen LogP contribution is -2.09. The highest BCUT2D eigenvalue weighted by atomic mass is 32.2. The van der Waals surface area contributed by atoms with Crippen molar-refractivity contribution in [1.29, 1.82) is 0 Å². The molecule has 2 N–H and O–H groups in total. The van der Waals surface area contributed by atoms with Crippen molar-refractivity contribution < 1.29 is 13.2 Å². The number of para-hydroxylation sites is 1. The molecule has 162 valence electrons. The first-order valence-electron chi connectivity index (χ1n) is 9.38. The van der Waals surface area contributed by atoms with Gasteiger partial charge in [-0.3, -0.25) is 14.8 Å². The highest BCUT2D eigenvalue weighted by Crippen LogP contribution is 2.25. The van der Waals surface area contributed by atoms with E-state index in [1.807, 2.05) is 66.9 Å². The molecule has 4 aromatic rings. The molecule has 0 aliphatic carbocycles. The van der Waals surface area contributed by atoms with E-state index in [4.69, 9.17) is 5.10 Å². The Hall–Kier alpha value is -3.83. The van der Waals surface area contributed by atoms with Crippen molar-refractivity contribution in [3.63, 3.8) is 0 Å². The zero-order chi connectivity index (χ0) is 22.6. The molecule has 0 fully saturated rings. The minimum atomic E-state index is -3.47. The van der Waals surface area contributed by atoms with E-state index in [0.29, 0.717) is 0 Å². The molecule has 0 radical (unpaired) electrons. The SMILES string of the molecule is CS(=O)(=O)Nc1nnc(NC(=O)C=Cc2cn(-c3ccccc3)nc2-c2ccccc2)s1. The number of sulfonamides is 1. The second-order valence-corrected chi connectivity index (χ2v) is 9.41. The number of rotatable bonds is 7. The largest absolute Gasteiger partial charge is 0.297 e. The van der Waals surface area contributed by atoms with E-state index in [-0.39, 0.29) is 10.3 Å². The molecule has 4 rings (SSSR count). The van der Waals surface area contributed by atoms with E-state index in [1.54, 1.807) is 10.8 Å². The fraction of sp³-hybridized carbons (Fsp3) is 0.0476. The van der Waals surface area contributed by atoms with Crippen LogP contribution in [0.2, 0.25) is 0 Å². The Morgan fingerprint density at radius 2 is 1.66 bits per heavy atom. The lowest BCUT2D eigenvalue weighted by atomic mass is 10.1. The van der Waals surface area contributed by atoms with Crippen LogP contribution in [0.25, 0.3) is 23.0 Å². The Morgan fingerprint density at radius 1 is 1.00 bits per heavy atom. The van der Waals surface area contributed by atoms with Crippen molar-refractivity contribution in [3.8, 4) is 16.9 Å². The number of hydrogen-bond acceptors (Lipinski definition) is 7. The lowest BCUT2D eigenvalue weighted by molar-refractivity contribution is -0.111. The molecule has 0 aliphatic rings.